The van der Waals surface area contributed by atoms with Gasteiger partial charge in [-0.1, -0.05) is 30.3 Å². The van der Waals surface area contributed by atoms with E-state index in [1.165, 1.54) is 5.56 Å². The van der Waals surface area contributed by atoms with E-state index in [2.05, 4.69) is 46.4 Å². The fourth-order valence-corrected chi connectivity index (χ4v) is 2.39. The second-order valence-corrected chi connectivity index (χ2v) is 4.86. The van der Waals surface area contributed by atoms with Gasteiger partial charge in [0.05, 0.1) is 6.20 Å². The van der Waals surface area contributed by atoms with Crippen molar-refractivity contribution < 1.29 is 0 Å². The molecule has 0 aliphatic carbocycles. The van der Waals surface area contributed by atoms with Crippen molar-refractivity contribution in [1.29, 1.82) is 0 Å². The lowest BCUT2D eigenvalue weighted by atomic mass is 10.2. The van der Waals surface area contributed by atoms with Crippen LogP contribution < -0.4 is 10.2 Å². The minimum Gasteiger partial charge on any atom is -0.372 e. The predicted octanol–water partition coefficient (Wildman–Crippen LogP) is 2.80. The minimum atomic E-state index is 0.819. The van der Waals surface area contributed by atoms with E-state index in [9.17, 15) is 0 Å². The molecule has 0 saturated heterocycles. The summed E-state index contributed by atoms with van der Waals surface area (Å²) in [6, 6.07) is 10.4. The van der Waals surface area contributed by atoms with Gasteiger partial charge in [-0.3, -0.25) is 0 Å². The zero-order chi connectivity index (χ0) is 14.7. The maximum absolute atomic E-state index is 4.69. The normalized spacial score (nSPS) is 10.8. The Labute approximate surface area is 124 Å². The number of imidazole rings is 1. The molecule has 1 aromatic carbocycles. The lowest BCUT2D eigenvalue weighted by Crippen LogP contribution is -2.24. The number of hydrogen-bond donors (Lipinski definition) is 1. The first-order valence-corrected chi connectivity index (χ1v) is 7.12. The number of rotatable bonds is 5. The van der Waals surface area contributed by atoms with Gasteiger partial charge in [0.15, 0.2) is 11.5 Å². The third kappa shape index (κ3) is 2.67. The van der Waals surface area contributed by atoms with E-state index in [-0.39, 0.29) is 0 Å². The molecule has 0 saturated carbocycles. The summed E-state index contributed by atoms with van der Waals surface area (Å²) in [5, 5.41) is 3.11. The van der Waals surface area contributed by atoms with Crippen LogP contribution in [0.15, 0.2) is 48.9 Å². The van der Waals surface area contributed by atoms with Crippen molar-refractivity contribution in [1.82, 2.24) is 14.4 Å². The summed E-state index contributed by atoms with van der Waals surface area (Å²) in [6.07, 6.45) is 5.69. The van der Waals surface area contributed by atoms with Gasteiger partial charge >= 0.3 is 0 Å². The molecule has 0 unspecified atom stereocenters. The zero-order valence-electron chi connectivity index (χ0n) is 12.3. The van der Waals surface area contributed by atoms with Gasteiger partial charge in [0, 0.05) is 32.5 Å². The predicted molar refractivity (Wildman–Crippen MR) is 85.7 cm³/mol. The van der Waals surface area contributed by atoms with Gasteiger partial charge in [-0.15, -0.1) is 0 Å². The Morgan fingerprint density at radius 1 is 1.24 bits per heavy atom. The lowest BCUT2D eigenvalue weighted by Gasteiger charge is -2.23. The smallest absolute Gasteiger partial charge is 0.180 e. The van der Waals surface area contributed by atoms with Crippen molar-refractivity contribution in [3.05, 3.63) is 54.5 Å². The molecule has 0 bridgehead atoms. The number of benzene rings is 1. The molecule has 0 aliphatic rings. The highest BCUT2D eigenvalue weighted by atomic mass is 15.2. The van der Waals surface area contributed by atoms with Crippen LogP contribution in [0.4, 0.5) is 11.6 Å². The zero-order valence-corrected chi connectivity index (χ0v) is 12.3. The fraction of sp³-hybridized carbons (Fsp3) is 0.250. The van der Waals surface area contributed by atoms with Gasteiger partial charge in [-0.25, -0.2) is 9.97 Å². The van der Waals surface area contributed by atoms with Crippen LogP contribution in [-0.2, 0) is 6.54 Å². The Morgan fingerprint density at radius 3 is 2.76 bits per heavy atom. The van der Waals surface area contributed by atoms with Gasteiger partial charge in [0.2, 0.25) is 0 Å². The van der Waals surface area contributed by atoms with Gasteiger partial charge in [0.25, 0.3) is 0 Å². The fourth-order valence-electron chi connectivity index (χ4n) is 2.39. The van der Waals surface area contributed by atoms with Crippen molar-refractivity contribution in [3.63, 3.8) is 0 Å². The SMILES string of the molecule is CCN(Cc1ccccc1)c1nc(NC)cn2ccnc12. The highest BCUT2D eigenvalue weighted by molar-refractivity contribution is 5.66. The molecule has 3 aromatic rings. The highest BCUT2D eigenvalue weighted by Gasteiger charge is 2.14. The molecule has 2 heterocycles. The lowest BCUT2D eigenvalue weighted by molar-refractivity contribution is 0.812. The van der Waals surface area contributed by atoms with Crippen molar-refractivity contribution in [3.8, 4) is 0 Å². The van der Waals surface area contributed by atoms with E-state index in [1.807, 2.05) is 29.9 Å². The molecule has 0 radical (unpaired) electrons. The first kappa shape index (κ1) is 13.4. The van der Waals surface area contributed by atoms with Crippen LogP contribution in [0.25, 0.3) is 5.65 Å². The highest BCUT2D eigenvalue weighted by Crippen LogP contribution is 2.22. The maximum Gasteiger partial charge on any atom is 0.180 e. The number of fused-ring (bicyclic) bond motifs is 1. The van der Waals surface area contributed by atoms with Crippen LogP contribution in [0.1, 0.15) is 12.5 Å². The second kappa shape index (κ2) is 5.83. The number of aromatic nitrogens is 3. The number of nitrogens with zero attached hydrogens (tertiary/aromatic N) is 4. The molecular formula is C16H19N5. The van der Waals surface area contributed by atoms with Crippen LogP contribution in [0, 0.1) is 0 Å². The van der Waals surface area contributed by atoms with E-state index in [4.69, 9.17) is 4.98 Å². The molecule has 0 aliphatic heterocycles. The second-order valence-electron chi connectivity index (χ2n) is 4.86. The molecule has 0 fully saturated rings. The van der Waals surface area contributed by atoms with Crippen LogP contribution in [0.2, 0.25) is 0 Å². The summed E-state index contributed by atoms with van der Waals surface area (Å²) in [5.41, 5.74) is 2.15. The molecule has 5 nitrogen and oxygen atoms in total. The largest absolute Gasteiger partial charge is 0.372 e. The van der Waals surface area contributed by atoms with Crippen LogP contribution in [0.3, 0.4) is 0 Å². The van der Waals surface area contributed by atoms with Crippen molar-refractivity contribution in [2.24, 2.45) is 0 Å². The molecule has 108 valence electrons. The van der Waals surface area contributed by atoms with E-state index >= 15 is 0 Å². The Balaban J connectivity index is 2.01. The minimum absolute atomic E-state index is 0.819. The van der Waals surface area contributed by atoms with Crippen LogP contribution in [0.5, 0.6) is 0 Å². The topological polar surface area (TPSA) is 45.5 Å². The van der Waals surface area contributed by atoms with E-state index in [0.29, 0.717) is 0 Å². The van der Waals surface area contributed by atoms with Gasteiger partial charge in [-0.05, 0) is 12.5 Å². The Kier molecular flexibility index (Phi) is 3.73. The summed E-state index contributed by atoms with van der Waals surface area (Å²) in [5.74, 6) is 1.74. The monoisotopic (exact) mass is 281 g/mol. The summed E-state index contributed by atoms with van der Waals surface area (Å²) in [7, 11) is 1.88. The summed E-state index contributed by atoms with van der Waals surface area (Å²) in [6.45, 7) is 3.83. The summed E-state index contributed by atoms with van der Waals surface area (Å²) >= 11 is 0. The Morgan fingerprint density at radius 2 is 2.05 bits per heavy atom. The molecule has 2 aromatic heterocycles. The van der Waals surface area contributed by atoms with Crippen LogP contribution in [-0.4, -0.2) is 28.0 Å². The van der Waals surface area contributed by atoms with Crippen molar-refractivity contribution >= 4 is 17.3 Å². The molecule has 0 spiro atoms. The van der Waals surface area contributed by atoms with Gasteiger partial charge in [-0.2, -0.15) is 0 Å². The van der Waals surface area contributed by atoms with E-state index < -0.39 is 0 Å². The quantitative estimate of drug-likeness (QED) is 0.781. The number of hydrogen-bond acceptors (Lipinski definition) is 4. The summed E-state index contributed by atoms with van der Waals surface area (Å²) < 4.78 is 2.00. The number of anilines is 2. The first-order valence-electron chi connectivity index (χ1n) is 7.12. The van der Waals surface area contributed by atoms with Gasteiger partial charge < -0.3 is 14.6 Å². The summed E-state index contributed by atoms with van der Waals surface area (Å²) in [4.78, 5) is 11.4. The third-order valence-electron chi connectivity index (χ3n) is 3.51. The van der Waals surface area contributed by atoms with Gasteiger partial charge in [0.1, 0.15) is 5.82 Å². The standard InChI is InChI=1S/C16H19N5/c1-3-20(11-13-7-5-4-6-8-13)16-15-18-9-10-21(15)12-14(17-2)19-16/h4-10,12,17H,3,11H2,1-2H3. The molecule has 21 heavy (non-hydrogen) atoms. The molecule has 5 heteroatoms. The van der Waals surface area contributed by atoms with E-state index in [1.54, 1.807) is 6.20 Å². The average Bonchev–Trinajstić information content (AvgIpc) is 3.01. The molecule has 0 atom stereocenters. The van der Waals surface area contributed by atoms with Crippen molar-refractivity contribution in [2.45, 2.75) is 13.5 Å². The molecular weight excluding hydrogens is 262 g/mol. The Hall–Kier alpha value is -2.56. The molecule has 1 N–H and O–H groups in total. The first-order chi connectivity index (χ1) is 10.3. The number of nitrogens with one attached hydrogen (secondary N) is 1. The van der Waals surface area contributed by atoms with Crippen LogP contribution >= 0.6 is 0 Å². The third-order valence-corrected chi connectivity index (χ3v) is 3.51. The average molecular weight is 281 g/mol. The van der Waals surface area contributed by atoms with E-state index in [0.717, 1.165) is 30.4 Å². The molecule has 3 rings (SSSR count). The molecule has 0 amide bonds. The van der Waals surface area contributed by atoms with Crippen molar-refractivity contribution in [2.75, 3.05) is 23.8 Å². The Bertz CT molecular complexity index is 720. The maximum atomic E-state index is 4.69.